The highest BCUT2D eigenvalue weighted by molar-refractivity contribution is 5.82. The van der Waals surface area contributed by atoms with Gasteiger partial charge >= 0.3 is 6.18 Å². The Balaban J connectivity index is 1.37. The van der Waals surface area contributed by atoms with Crippen LogP contribution in [0.15, 0.2) is 42.6 Å². The van der Waals surface area contributed by atoms with Crippen molar-refractivity contribution in [1.82, 2.24) is 15.2 Å². The molecule has 3 heterocycles. The number of fused-ring (bicyclic) bond motifs is 3. The van der Waals surface area contributed by atoms with Crippen LogP contribution in [0.4, 0.5) is 18.9 Å². The van der Waals surface area contributed by atoms with Gasteiger partial charge in [-0.1, -0.05) is 18.9 Å². The number of anilines is 1. The number of carbonyl (C=O) groups excluding carboxylic acids is 1. The first-order chi connectivity index (χ1) is 16.4. The second-order valence-electron chi connectivity index (χ2n) is 9.71. The van der Waals surface area contributed by atoms with E-state index in [0.717, 1.165) is 31.0 Å². The lowest BCUT2D eigenvalue weighted by Crippen LogP contribution is -2.62. The van der Waals surface area contributed by atoms with Crippen LogP contribution in [0.5, 0.6) is 0 Å². The molecule has 0 bridgehead atoms. The van der Waals surface area contributed by atoms with Crippen molar-refractivity contribution in [2.75, 3.05) is 31.1 Å². The maximum absolute atomic E-state index is 13.4. The van der Waals surface area contributed by atoms with Gasteiger partial charge in [0.25, 0.3) is 0 Å². The lowest BCUT2D eigenvalue weighted by atomic mass is 9.82. The Bertz CT molecular complexity index is 1010. The minimum absolute atomic E-state index is 0.0339. The molecule has 1 saturated carbocycles. The molecular weight excluding hydrogens is 441 g/mol. The minimum Gasteiger partial charge on any atom is -0.365 e. The molecule has 182 valence electrons. The van der Waals surface area contributed by atoms with Crippen molar-refractivity contribution in [2.24, 2.45) is 5.92 Å². The van der Waals surface area contributed by atoms with Gasteiger partial charge in [0.05, 0.1) is 17.5 Å². The fourth-order valence-corrected chi connectivity index (χ4v) is 5.91. The van der Waals surface area contributed by atoms with Crippen molar-refractivity contribution in [3.05, 3.63) is 59.4 Å². The minimum atomic E-state index is -4.40. The molecule has 0 spiro atoms. The largest absolute Gasteiger partial charge is 0.416 e. The van der Waals surface area contributed by atoms with E-state index in [0.29, 0.717) is 31.0 Å². The molecule has 1 saturated heterocycles. The van der Waals surface area contributed by atoms with E-state index in [4.69, 9.17) is 0 Å². The van der Waals surface area contributed by atoms with E-state index in [2.05, 4.69) is 20.1 Å². The Kier molecular flexibility index (Phi) is 6.51. The van der Waals surface area contributed by atoms with Crippen LogP contribution >= 0.6 is 0 Å². The first kappa shape index (κ1) is 23.1. The van der Waals surface area contributed by atoms with Gasteiger partial charge in [0.1, 0.15) is 0 Å². The molecule has 1 aromatic heterocycles. The normalized spacial score (nSPS) is 23.4. The van der Waals surface area contributed by atoms with Gasteiger partial charge in [-0.15, -0.1) is 0 Å². The summed E-state index contributed by atoms with van der Waals surface area (Å²) in [5.41, 5.74) is 1.72. The molecule has 2 aliphatic heterocycles. The number of nitrogens with zero attached hydrogens (tertiary/aromatic N) is 3. The van der Waals surface area contributed by atoms with Crippen LogP contribution in [0.2, 0.25) is 0 Å². The second kappa shape index (κ2) is 9.56. The van der Waals surface area contributed by atoms with Gasteiger partial charge in [-0.25, -0.2) is 0 Å². The second-order valence-corrected chi connectivity index (χ2v) is 9.71. The molecule has 2 atom stereocenters. The molecule has 8 heteroatoms. The number of rotatable bonds is 5. The first-order valence-electron chi connectivity index (χ1n) is 12.3. The van der Waals surface area contributed by atoms with Crippen LogP contribution in [-0.4, -0.2) is 54.1 Å². The SMILES string of the molecule is O=C(NCCc1ccccn1)[C@H]1Cc2cc(C(F)(F)F)ccc2N2CCN(C3CCCC3)C[C@H]12. The Labute approximate surface area is 198 Å². The number of carbonyl (C=O) groups is 1. The standard InChI is InChI=1S/C26H31F3N4O/c27-26(28,29)19-8-9-23-18(15-19)16-22(25(34)31-12-10-20-5-3-4-11-30-20)24-17-32(13-14-33(23)24)21-6-1-2-7-21/h3-5,8-9,11,15,21-22,24H,1-2,6-7,10,12-14,16-17H2,(H,31,34)/t22-,24+/m0/s1. The monoisotopic (exact) mass is 472 g/mol. The molecular formula is C26H31F3N4O. The van der Waals surface area contributed by atoms with Gasteiger partial charge in [0.15, 0.2) is 0 Å². The van der Waals surface area contributed by atoms with E-state index in [1.165, 1.54) is 37.8 Å². The van der Waals surface area contributed by atoms with E-state index < -0.39 is 11.7 Å². The average molecular weight is 473 g/mol. The average Bonchev–Trinajstić information content (AvgIpc) is 3.38. The number of alkyl halides is 3. The van der Waals surface area contributed by atoms with E-state index >= 15 is 0 Å². The van der Waals surface area contributed by atoms with Crippen LogP contribution in [0.25, 0.3) is 0 Å². The Morgan fingerprint density at radius 2 is 1.94 bits per heavy atom. The summed E-state index contributed by atoms with van der Waals surface area (Å²) in [6.45, 7) is 2.86. The highest BCUT2D eigenvalue weighted by Crippen LogP contribution is 2.40. The summed E-state index contributed by atoms with van der Waals surface area (Å²) in [5, 5.41) is 3.05. The van der Waals surface area contributed by atoms with Crippen molar-refractivity contribution in [2.45, 2.75) is 56.8 Å². The van der Waals surface area contributed by atoms with E-state index in [1.807, 2.05) is 18.2 Å². The summed E-state index contributed by atoms with van der Waals surface area (Å²) in [6.07, 6.45) is 3.16. The van der Waals surface area contributed by atoms with Crippen LogP contribution in [0.3, 0.4) is 0 Å². The molecule has 5 rings (SSSR count). The molecule has 3 aliphatic rings. The maximum atomic E-state index is 13.4. The zero-order valence-electron chi connectivity index (χ0n) is 19.2. The van der Waals surface area contributed by atoms with Crippen molar-refractivity contribution in [3.8, 4) is 0 Å². The lowest BCUT2D eigenvalue weighted by molar-refractivity contribution is -0.137. The summed E-state index contributed by atoms with van der Waals surface area (Å²) in [6, 6.07) is 10.2. The number of benzene rings is 1. The number of aromatic nitrogens is 1. The Hall–Kier alpha value is -2.61. The van der Waals surface area contributed by atoms with Crippen molar-refractivity contribution in [1.29, 1.82) is 0 Å². The molecule has 1 amide bonds. The number of hydrogen-bond donors (Lipinski definition) is 1. The fourth-order valence-electron chi connectivity index (χ4n) is 5.91. The lowest BCUT2D eigenvalue weighted by Gasteiger charge is -2.50. The zero-order valence-corrected chi connectivity index (χ0v) is 19.2. The number of hydrogen-bond acceptors (Lipinski definition) is 4. The van der Waals surface area contributed by atoms with E-state index in [1.54, 1.807) is 12.3 Å². The van der Waals surface area contributed by atoms with E-state index in [9.17, 15) is 18.0 Å². The maximum Gasteiger partial charge on any atom is 0.416 e. The number of amides is 1. The molecule has 1 aliphatic carbocycles. The summed E-state index contributed by atoms with van der Waals surface area (Å²) in [5.74, 6) is -0.466. The van der Waals surface area contributed by atoms with Crippen LogP contribution in [0.1, 0.15) is 42.5 Å². The summed E-state index contributed by atoms with van der Waals surface area (Å²) in [4.78, 5) is 22.4. The Morgan fingerprint density at radius 1 is 1.12 bits per heavy atom. The van der Waals surface area contributed by atoms with Crippen LogP contribution < -0.4 is 10.2 Å². The predicted octanol–water partition coefficient (Wildman–Crippen LogP) is 4.06. The summed E-state index contributed by atoms with van der Waals surface area (Å²) in [7, 11) is 0. The number of halogens is 3. The van der Waals surface area contributed by atoms with Crippen LogP contribution in [0, 0.1) is 5.92 Å². The van der Waals surface area contributed by atoms with Gasteiger partial charge in [0.2, 0.25) is 5.91 Å². The molecule has 0 radical (unpaired) electrons. The van der Waals surface area contributed by atoms with Crippen LogP contribution in [-0.2, 0) is 23.8 Å². The van der Waals surface area contributed by atoms with Crippen molar-refractivity contribution >= 4 is 11.6 Å². The number of piperazine rings is 1. The van der Waals surface area contributed by atoms with Gasteiger partial charge in [-0.05, 0) is 55.2 Å². The van der Waals surface area contributed by atoms with Gasteiger partial charge in [0, 0.05) is 56.2 Å². The highest BCUT2D eigenvalue weighted by atomic mass is 19.4. The highest BCUT2D eigenvalue weighted by Gasteiger charge is 2.43. The predicted molar refractivity (Wildman–Crippen MR) is 125 cm³/mol. The Morgan fingerprint density at radius 3 is 2.68 bits per heavy atom. The van der Waals surface area contributed by atoms with Gasteiger partial charge in [-0.2, -0.15) is 13.2 Å². The fraction of sp³-hybridized carbons (Fsp3) is 0.538. The third kappa shape index (κ3) is 4.78. The quantitative estimate of drug-likeness (QED) is 0.713. The third-order valence-electron chi connectivity index (χ3n) is 7.65. The van der Waals surface area contributed by atoms with Crippen molar-refractivity contribution in [3.63, 3.8) is 0 Å². The van der Waals surface area contributed by atoms with E-state index in [-0.39, 0.29) is 17.9 Å². The first-order valence-corrected chi connectivity index (χ1v) is 12.3. The zero-order chi connectivity index (χ0) is 23.7. The van der Waals surface area contributed by atoms with Crippen molar-refractivity contribution < 1.29 is 18.0 Å². The number of pyridine rings is 1. The molecule has 0 unspecified atom stereocenters. The molecule has 2 aromatic rings. The van der Waals surface area contributed by atoms with Gasteiger partial charge < -0.3 is 10.2 Å². The summed E-state index contributed by atoms with van der Waals surface area (Å²) >= 11 is 0. The third-order valence-corrected chi connectivity index (χ3v) is 7.65. The smallest absolute Gasteiger partial charge is 0.365 e. The molecule has 1 aromatic carbocycles. The molecule has 34 heavy (non-hydrogen) atoms. The topological polar surface area (TPSA) is 48.5 Å². The number of nitrogens with one attached hydrogen (secondary N) is 1. The summed E-state index contributed by atoms with van der Waals surface area (Å²) < 4.78 is 40.2. The molecule has 1 N–H and O–H groups in total. The molecule has 2 fully saturated rings. The van der Waals surface area contributed by atoms with Gasteiger partial charge in [-0.3, -0.25) is 14.7 Å². The molecule has 5 nitrogen and oxygen atoms in total.